The maximum Gasteiger partial charge on any atom is 0.323 e. The van der Waals surface area contributed by atoms with Gasteiger partial charge in [0.2, 0.25) is 5.43 Å². The average Bonchev–Trinajstić information content (AvgIpc) is 2.70. The zero-order valence-electron chi connectivity index (χ0n) is 12.1. The van der Waals surface area contributed by atoms with E-state index in [4.69, 9.17) is 0 Å². The van der Waals surface area contributed by atoms with Crippen LogP contribution in [-0.2, 0) is 0 Å². The van der Waals surface area contributed by atoms with Gasteiger partial charge in [0.1, 0.15) is 0 Å². The Hall–Kier alpha value is -3.34. The van der Waals surface area contributed by atoms with Crippen LogP contribution in [0.25, 0.3) is 10.8 Å². The summed E-state index contributed by atoms with van der Waals surface area (Å²) in [5.41, 5.74) is 0.558. The van der Waals surface area contributed by atoms with Gasteiger partial charge >= 0.3 is 6.03 Å². The summed E-state index contributed by atoms with van der Waals surface area (Å²) in [6.45, 7) is 0. The highest BCUT2D eigenvalue weighted by atomic mass is 16.3. The van der Waals surface area contributed by atoms with Gasteiger partial charge < -0.3 is 15.7 Å². The van der Waals surface area contributed by atoms with Gasteiger partial charge in [0.15, 0.2) is 5.75 Å². The van der Waals surface area contributed by atoms with Crippen molar-refractivity contribution in [2.75, 3.05) is 10.6 Å². The largest absolute Gasteiger partial charge is 0.504 e. The van der Waals surface area contributed by atoms with Crippen LogP contribution in [-0.4, -0.2) is 11.1 Å². The highest BCUT2D eigenvalue weighted by Crippen LogP contribution is 2.19. The van der Waals surface area contributed by atoms with Crippen LogP contribution in [0.1, 0.15) is 0 Å². The van der Waals surface area contributed by atoms with Gasteiger partial charge in [0.25, 0.3) is 0 Å². The fraction of sp³-hybridized carbons (Fsp3) is 0. The lowest BCUT2D eigenvalue weighted by atomic mass is 10.1. The van der Waals surface area contributed by atoms with E-state index in [2.05, 4.69) is 10.6 Å². The molecule has 2 amide bonds. The van der Waals surface area contributed by atoms with Crippen LogP contribution in [0.4, 0.5) is 16.2 Å². The summed E-state index contributed by atoms with van der Waals surface area (Å²) in [5, 5.41) is 16.8. The van der Waals surface area contributed by atoms with E-state index in [1.807, 2.05) is 42.5 Å². The molecule has 3 aromatic rings. The molecular formula is C18H14N2O3. The first-order chi connectivity index (χ1) is 11.1. The molecule has 5 heteroatoms. The van der Waals surface area contributed by atoms with Crippen LogP contribution in [0.3, 0.4) is 0 Å². The van der Waals surface area contributed by atoms with E-state index in [9.17, 15) is 14.7 Å². The second-order valence-corrected chi connectivity index (χ2v) is 5.01. The molecule has 0 aliphatic carbocycles. The van der Waals surface area contributed by atoms with Crippen LogP contribution in [0.2, 0.25) is 0 Å². The van der Waals surface area contributed by atoms with Crippen LogP contribution in [0.15, 0.2) is 71.5 Å². The van der Waals surface area contributed by atoms with Crippen LogP contribution in [0.5, 0.6) is 5.75 Å². The summed E-state index contributed by atoms with van der Waals surface area (Å²) < 4.78 is 0. The number of carbonyl (C=O) groups is 1. The minimum atomic E-state index is -0.506. The SMILES string of the molecule is O=C(Nc1ccc(O)c(=O)cc1)Nc1ccc2ccccc2c1. The Morgan fingerprint density at radius 1 is 0.783 bits per heavy atom. The second-order valence-electron chi connectivity index (χ2n) is 5.01. The summed E-state index contributed by atoms with van der Waals surface area (Å²) in [4.78, 5) is 23.3. The third-order valence-electron chi connectivity index (χ3n) is 3.35. The Labute approximate surface area is 132 Å². The van der Waals surface area contributed by atoms with Crippen LogP contribution < -0.4 is 16.1 Å². The van der Waals surface area contributed by atoms with Gasteiger partial charge in [0.05, 0.1) is 0 Å². The number of rotatable bonds is 2. The number of carbonyl (C=O) groups excluding carboxylic acids is 1. The minimum absolute atomic E-state index is 0.368. The summed E-state index contributed by atoms with van der Waals surface area (Å²) >= 11 is 0. The smallest absolute Gasteiger partial charge is 0.323 e. The van der Waals surface area contributed by atoms with E-state index < -0.39 is 11.5 Å². The lowest BCUT2D eigenvalue weighted by molar-refractivity contribution is 0.262. The van der Waals surface area contributed by atoms with Crippen molar-refractivity contribution in [1.82, 2.24) is 0 Å². The van der Waals surface area contributed by atoms with Gasteiger partial charge in [-0.15, -0.1) is 0 Å². The lowest BCUT2D eigenvalue weighted by Crippen LogP contribution is -2.19. The van der Waals surface area contributed by atoms with E-state index in [1.54, 1.807) is 0 Å². The van der Waals surface area contributed by atoms with Crippen molar-refractivity contribution in [3.8, 4) is 5.75 Å². The molecule has 0 bridgehead atoms. The first-order valence-electron chi connectivity index (χ1n) is 7.02. The van der Waals surface area contributed by atoms with Crippen molar-refractivity contribution in [2.45, 2.75) is 0 Å². The first-order valence-corrected chi connectivity index (χ1v) is 7.02. The third-order valence-corrected chi connectivity index (χ3v) is 3.35. The van der Waals surface area contributed by atoms with E-state index in [0.717, 1.165) is 10.8 Å². The number of anilines is 2. The van der Waals surface area contributed by atoms with Gasteiger partial charge in [-0.25, -0.2) is 4.79 Å². The highest BCUT2D eigenvalue weighted by molar-refractivity contribution is 6.01. The van der Waals surface area contributed by atoms with Crippen molar-refractivity contribution in [1.29, 1.82) is 0 Å². The molecule has 5 nitrogen and oxygen atoms in total. The summed E-state index contributed by atoms with van der Waals surface area (Å²) in [6.07, 6.45) is 0. The number of aromatic hydroxyl groups is 1. The Morgan fingerprint density at radius 2 is 1.43 bits per heavy atom. The monoisotopic (exact) mass is 306 g/mol. The summed E-state index contributed by atoms with van der Waals surface area (Å²) in [7, 11) is 0. The lowest BCUT2D eigenvalue weighted by Gasteiger charge is -2.07. The van der Waals surface area contributed by atoms with Crippen molar-refractivity contribution in [3.05, 3.63) is 77.0 Å². The number of benzene rings is 2. The molecule has 0 saturated heterocycles. The molecule has 0 spiro atoms. The van der Waals surface area contributed by atoms with Gasteiger partial charge in [-0.1, -0.05) is 30.3 Å². The zero-order valence-corrected chi connectivity index (χ0v) is 12.1. The van der Waals surface area contributed by atoms with Crippen molar-refractivity contribution < 1.29 is 9.90 Å². The predicted octanol–water partition coefficient (Wildman–Crippen LogP) is 3.55. The van der Waals surface area contributed by atoms with Crippen LogP contribution in [0, 0.1) is 0 Å². The Balaban J connectivity index is 1.76. The Kier molecular flexibility index (Phi) is 3.93. The standard InChI is InChI=1S/C18H14N2O3/c21-16-9-7-14(8-10-17(16)22)19-18(23)20-15-6-5-12-3-1-2-4-13(12)11-15/h1-11H,(H,21,22)(H2,19,20,23). The molecule has 0 heterocycles. The van der Waals surface area contributed by atoms with E-state index >= 15 is 0 Å². The molecule has 0 saturated carbocycles. The minimum Gasteiger partial charge on any atom is -0.504 e. The fourth-order valence-corrected chi connectivity index (χ4v) is 2.20. The van der Waals surface area contributed by atoms with Crippen molar-refractivity contribution in [3.63, 3.8) is 0 Å². The molecule has 0 aromatic heterocycles. The van der Waals surface area contributed by atoms with Gasteiger partial charge in [0, 0.05) is 11.4 Å². The molecule has 0 unspecified atom stereocenters. The molecule has 3 aromatic carbocycles. The van der Waals surface area contributed by atoms with Crippen molar-refractivity contribution >= 4 is 28.2 Å². The molecular weight excluding hydrogens is 292 g/mol. The molecule has 3 N–H and O–H groups in total. The highest BCUT2D eigenvalue weighted by Gasteiger charge is 2.03. The van der Waals surface area contributed by atoms with Crippen molar-refractivity contribution in [2.24, 2.45) is 0 Å². The fourth-order valence-electron chi connectivity index (χ4n) is 2.20. The molecule has 3 rings (SSSR count). The molecule has 23 heavy (non-hydrogen) atoms. The topological polar surface area (TPSA) is 78.4 Å². The van der Waals surface area contributed by atoms with Crippen LogP contribution >= 0.6 is 0 Å². The molecule has 114 valence electrons. The number of urea groups is 1. The van der Waals surface area contributed by atoms with Gasteiger partial charge in [-0.3, -0.25) is 4.79 Å². The van der Waals surface area contributed by atoms with E-state index in [1.165, 1.54) is 24.3 Å². The maximum atomic E-state index is 12.0. The van der Waals surface area contributed by atoms with Gasteiger partial charge in [-0.05, 0) is 47.2 Å². The quantitative estimate of drug-likeness (QED) is 0.677. The summed E-state index contributed by atoms with van der Waals surface area (Å²) in [5.74, 6) is -0.368. The van der Waals surface area contributed by atoms with E-state index in [-0.39, 0.29) is 5.75 Å². The molecule has 0 radical (unpaired) electrons. The number of nitrogens with one attached hydrogen (secondary N) is 2. The Morgan fingerprint density at radius 3 is 2.26 bits per heavy atom. The third kappa shape index (κ3) is 3.47. The number of amides is 2. The predicted molar refractivity (Wildman–Crippen MR) is 91.0 cm³/mol. The molecule has 0 atom stereocenters. The average molecular weight is 306 g/mol. The molecule has 0 aliphatic rings. The second kappa shape index (κ2) is 6.19. The molecule has 0 fully saturated rings. The zero-order chi connectivity index (χ0) is 16.2. The van der Waals surface area contributed by atoms with Gasteiger partial charge in [-0.2, -0.15) is 0 Å². The number of fused-ring (bicyclic) bond motifs is 1. The first kappa shape index (κ1) is 14.6. The number of hydrogen-bond donors (Lipinski definition) is 3. The normalized spacial score (nSPS) is 10.3. The summed E-state index contributed by atoms with van der Waals surface area (Å²) in [6, 6.07) is 18.4. The van der Waals surface area contributed by atoms with E-state index in [0.29, 0.717) is 11.4 Å². The number of hydrogen-bond acceptors (Lipinski definition) is 3. The Bertz CT molecular complexity index is 938. The molecule has 0 aliphatic heterocycles. The maximum absolute atomic E-state index is 12.0.